The lowest BCUT2D eigenvalue weighted by Gasteiger charge is -2.27. The van der Waals surface area contributed by atoms with E-state index >= 15 is 0 Å². The molecule has 2 rings (SSSR count). The minimum atomic E-state index is -0.667. The topological polar surface area (TPSA) is 68.3 Å². The van der Waals surface area contributed by atoms with Crippen molar-refractivity contribution in [3.8, 4) is 0 Å². The number of carbonyl (C=O) groups excluding carboxylic acids is 2. The standard InChI is InChI=1S/C13H16N2O3/c1-3-18-12(17)11-13(2,8-10(16)15-11)9-6-4-5-7-14-9/h4-7,11H,3,8H2,1-2H3,(H,15,16). The molecule has 2 heterocycles. The highest BCUT2D eigenvalue weighted by atomic mass is 16.5. The van der Waals surface area contributed by atoms with E-state index in [9.17, 15) is 9.59 Å². The van der Waals surface area contributed by atoms with Crippen LogP contribution < -0.4 is 5.32 Å². The van der Waals surface area contributed by atoms with E-state index in [4.69, 9.17) is 4.74 Å². The molecular formula is C13H16N2O3. The first-order valence-electron chi connectivity index (χ1n) is 5.95. The zero-order valence-electron chi connectivity index (χ0n) is 10.5. The van der Waals surface area contributed by atoms with E-state index in [1.165, 1.54) is 0 Å². The minimum Gasteiger partial charge on any atom is -0.464 e. The van der Waals surface area contributed by atoms with Crippen LogP contribution in [0.15, 0.2) is 24.4 Å². The van der Waals surface area contributed by atoms with Crippen molar-refractivity contribution in [2.75, 3.05) is 6.61 Å². The zero-order valence-corrected chi connectivity index (χ0v) is 10.5. The Hall–Kier alpha value is -1.91. The second-order valence-electron chi connectivity index (χ2n) is 4.56. The van der Waals surface area contributed by atoms with Crippen LogP contribution in [0.2, 0.25) is 0 Å². The van der Waals surface area contributed by atoms with Gasteiger partial charge in [0.05, 0.1) is 6.61 Å². The first-order chi connectivity index (χ1) is 8.58. The largest absolute Gasteiger partial charge is 0.464 e. The third-order valence-electron chi connectivity index (χ3n) is 3.24. The Labute approximate surface area is 106 Å². The third kappa shape index (κ3) is 2.08. The van der Waals surface area contributed by atoms with Crippen molar-refractivity contribution < 1.29 is 14.3 Å². The van der Waals surface area contributed by atoms with Gasteiger partial charge in [0.25, 0.3) is 0 Å². The van der Waals surface area contributed by atoms with Gasteiger partial charge in [0, 0.05) is 23.7 Å². The van der Waals surface area contributed by atoms with Gasteiger partial charge in [-0.2, -0.15) is 0 Å². The van der Waals surface area contributed by atoms with Gasteiger partial charge in [0.2, 0.25) is 5.91 Å². The molecule has 1 amide bonds. The van der Waals surface area contributed by atoms with E-state index < -0.39 is 17.4 Å². The molecule has 2 atom stereocenters. The van der Waals surface area contributed by atoms with Crippen LogP contribution in [0.3, 0.4) is 0 Å². The first-order valence-corrected chi connectivity index (χ1v) is 5.95. The lowest BCUT2D eigenvalue weighted by atomic mass is 9.79. The van der Waals surface area contributed by atoms with Gasteiger partial charge in [-0.25, -0.2) is 4.79 Å². The Bertz CT molecular complexity index is 461. The number of rotatable bonds is 3. The Morgan fingerprint density at radius 3 is 3.00 bits per heavy atom. The molecule has 5 heteroatoms. The summed E-state index contributed by atoms with van der Waals surface area (Å²) in [4.78, 5) is 27.8. The first kappa shape index (κ1) is 12.5. The molecule has 1 aromatic heterocycles. The number of hydrogen-bond donors (Lipinski definition) is 1. The number of aromatic nitrogens is 1. The highest BCUT2D eigenvalue weighted by Crippen LogP contribution is 2.34. The lowest BCUT2D eigenvalue weighted by Crippen LogP contribution is -2.46. The van der Waals surface area contributed by atoms with Crippen LogP contribution in [0.5, 0.6) is 0 Å². The van der Waals surface area contributed by atoms with E-state index in [0.29, 0.717) is 6.61 Å². The van der Waals surface area contributed by atoms with Gasteiger partial charge in [-0.15, -0.1) is 0 Å². The monoisotopic (exact) mass is 248 g/mol. The van der Waals surface area contributed by atoms with Crippen LogP contribution >= 0.6 is 0 Å². The molecule has 96 valence electrons. The molecule has 0 spiro atoms. The number of hydrogen-bond acceptors (Lipinski definition) is 4. The summed E-state index contributed by atoms with van der Waals surface area (Å²) in [5.74, 6) is -0.558. The number of nitrogens with zero attached hydrogens (tertiary/aromatic N) is 1. The van der Waals surface area contributed by atoms with Gasteiger partial charge >= 0.3 is 5.97 Å². The molecule has 1 aliphatic heterocycles. The van der Waals surface area contributed by atoms with E-state index in [0.717, 1.165) is 5.69 Å². The van der Waals surface area contributed by atoms with Crippen LogP contribution in [-0.4, -0.2) is 29.5 Å². The molecule has 1 N–H and O–H groups in total. The Morgan fingerprint density at radius 2 is 2.39 bits per heavy atom. The average molecular weight is 248 g/mol. The number of ether oxygens (including phenoxy) is 1. The van der Waals surface area contributed by atoms with Crippen LogP contribution in [0.1, 0.15) is 26.0 Å². The van der Waals surface area contributed by atoms with Crippen molar-refractivity contribution in [1.82, 2.24) is 10.3 Å². The summed E-state index contributed by atoms with van der Waals surface area (Å²) in [5, 5.41) is 2.67. The molecule has 1 saturated heterocycles. The van der Waals surface area contributed by atoms with Gasteiger partial charge in [0.15, 0.2) is 0 Å². The Kier molecular flexibility index (Phi) is 3.32. The predicted octanol–water partition coefficient (Wildman–Crippen LogP) is 0.791. The summed E-state index contributed by atoms with van der Waals surface area (Å²) >= 11 is 0. The number of amides is 1. The fourth-order valence-corrected chi connectivity index (χ4v) is 2.29. The summed E-state index contributed by atoms with van der Waals surface area (Å²) in [7, 11) is 0. The van der Waals surface area contributed by atoms with E-state index in [2.05, 4.69) is 10.3 Å². The van der Waals surface area contributed by atoms with Crippen LogP contribution in [0.4, 0.5) is 0 Å². The Balaban J connectivity index is 2.34. The molecule has 5 nitrogen and oxygen atoms in total. The van der Waals surface area contributed by atoms with Gasteiger partial charge in [-0.1, -0.05) is 13.0 Å². The van der Waals surface area contributed by atoms with Gasteiger partial charge in [-0.05, 0) is 19.1 Å². The maximum absolute atomic E-state index is 11.9. The highest BCUT2D eigenvalue weighted by Gasteiger charge is 2.50. The number of esters is 1. The lowest BCUT2D eigenvalue weighted by molar-refractivity contribution is -0.147. The van der Waals surface area contributed by atoms with Crippen LogP contribution in [0, 0.1) is 0 Å². The average Bonchev–Trinajstić information content (AvgIpc) is 2.68. The minimum absolute atomic E-state index is 0.152. The normalized spacial score (nSPS) is 26.8. The van der Waals surface area contributed by atoms with Crippen LogP contribution in [0.25, 0.3) is 0 Å². The number of carbonyl (C=O) groups is 2. The zero-order chi connectivity index (χ0) is 13.2. The van der Waals surface area contributed by atoms with Crippen molar-refractivity contribution in [2.45, 2.75) is 31.7 Å². The van der Waals surface area contributed by atoms with E-state index in [1.807, 2.05) is 19.1 Å². The molecule has 2 unspecified atom stereocenters. The van der Waals surface area contributed by atoms with Crippen molar-refractivity contribution >= 4 is 11.9 Å². The van der Waals surface area contributed by atoms with Gasteiger partial charge in [0.1, 0.15) is 6.04 Å². The fraction of sp³-hybridized carbons (Fsp3) is 0.462. The molecule has 0 aliphatic carbocycles. The summed E-state index contributed by atoms with van der Waals surface area (Å²) in [6.45, 7) is 3.89. The smallest absolute Gasteiger partial charge is 0.329 e. The molecule has 1 aromatic rings. The molecule has 0 aromatic carbocycles. The van der Waals surface area contributed by atoms with Gasteiger partial charge in [-0.3, -0.25) is 9.78 Å². The molecule has 1 aliphatic rings. The molecule has 0 saturated carbocycles. The summed E-state index contributed by atoms with van der Waals surface area (Å²) in [6, 6.07) is 4.81. The summed E-state index contributed by atoms with van der Waals surface area (Å²) in [6.07, 6.45) is 1.90. The highest BCUT2D eigenvalue weighted by molar-refractivity contribution is 5.91. The predicted molar refractivity (Wildman–Crippen MR) is 64.8 cm³/mol. The van der Waals surface area contributed by atoms with Crippen molar-refractivity contribution in [2.24, 2.45) is 0 Å². The fourth-order valence-electron chi connectivity index (χ4n) is 2.29. The number of nitrogens with one attached hydrogen (secondary N) is 1. The maximum Gasteiger partial charge on any atom is 0.329 e. The van der Waals surface area contributed by atoms with Crippen molar-refractivity contribution in [1.29, 1.82) is 0 Å². The molecule has 1 fully saturated rings. The molecule has 0 bridgehead atoms. The Morgan fingerprint density at radius 1 is 1.61 bits per heavy atom. The summed E-state index contributed by atoms with van der Waals surface area (Å²) < 4.78 is 5.01. The molecule has 0 radical (unpaired) electrons. The number of pyridine rings is 1. The maximum atomic E-state index is 11.9. The second-order valence-corrected chi connectivity index (χ2v) is 4.56. The molecular weight excluding hydrogens is 232 g/mol. The SMILES string of the molecule is CCOC(=O)C1NC(=O)CC1(C)c1ccccn1. The van der Waals surface area contributed by atoms with Gasteiger partial charge < -0.3 is 10.1 Å². The van der Waals surface area contributed by atoms with E-state index in [1.54, 1.807) is 19.2 Å². The van der Waals surface area contributed by atoms with E-state index in [-0.39, 0.29) is 12.3 Å². The quantitative estimate of drug-likeness (QED) is 0.803. The summed E-state index contributed by atoms with van der Waals surface area (Å²) in [5.41, 5.74) is 0.0753. The molecule has 18 heavy (non-hydrogen) atoms. The van der Waals surface area contributed by atoms with Crippen molar-refractivity contribution in [3.05, 3.63) is 30.1 Å². The van der Waals surface area contributed by atoms with Crippen LogP contribution in [-0.2, 0) is 19.7 Å². The third-order valence-corrected chi connectivity index (χ3v) is 3.24. The van der Waals surface area contributed by atoms with Crippen molar-refractivity contribution in [3.63, 3.8) is 0 Å². The second kappa shape index (κ2) is 4.76.